The Morgan fingerprint density at radius 1 is 1.50 bits per heavy atom. The lowest BCUT2D eigenvalue weighted by molar-refractivity contribution is -0.0883. The summed E-state index contributed by atoms with van der Waals surface area (Å²) in [7, 11) is 0. The van der Waals surface area contributed by atoms with Crippen LogP contribution in [-0.2, 0) is 9.47 Å². The van der Waals surface area contributed by atoms with E-state index in [0.29, 0.717) is 25.3 Å². The number of piperidine rings is 1. The van der Waals surface area contributed by atoms with Crippen LogP contribution in [0.2, 0.25) is 5.02 Å². The van der Waals surface area contributed by atoms with Gasteiger partial charge in [-0.1, -0.05) is 11.6 Å². The standard InChI is InChI=1S/C16H19ClFNO3/c1-2-21-14-5-7-19(13-6-8-22-15(13)14)16(20)10-3-4-12(18)11(17)9-10/h3-4,9,13-15H,2,5-8H2,1H3/t13-,14+,15-/m0/s1. The number of rotatable bonds is 3. The highest BCUT2D eigenvalue weighted by Gasteiger charge is 2.44. The minimum absolute atomic E-state index is 0.0154. The average molecular weight is 328 g/mol. The van der Waals surface area contributed by atoms with Gasteiger partial charge in [0, 0.05) is 25.3 Å². The maximum atomic E-state index is 13.3. The first kappa shape index (κ1) is 15.7. The molecule has 0 bridgehead atoms. The van der Waals surface area contributed by atoms with Gasteiger partial charge >= 0.3 is 0 Å². The number of carbonyl (C=O) groups is 1. The molecule has 0 unspecified atom stereocenters. The van der Waals surface area contributed by atoms with Crippen LogP contribution in [0.4, 0.5) is 4.39 Å². The molecule has 3 rings (SSSR count). The molecule has 4 nitrogen and oxygen atoms in total. The van der Waals surface area contributed by atoms with Crippen LogP contribution in [-0.4, -0.2) is 48.8 Å². The zero-order chi connectivity index (χ0) is 15.7. The first-order valence-electron chi connectivity index (χ1n) is 7.61. The Hall–Kier alpha value is -1.17. The molecule has 3 atom stereocenters. The summed E-state index contributed by atoms with van der Waals surface area (Å²) in [6.07, 6.45) is 1.51. The quantitative estimate of drug-likeness (QED) is 0.857. The molecule has 2 aliphatic rings. The van der Waals surface area contributed by atoms with Crippen molar-refractivity contribution in [3.8, 4) is 0 Å². The van der Waals surface area contributed by atoms with Crippen LogP contribution in [0.3, 0.4) is 0 Å². The Morgan fingerprint density at radius 2 is 2.32 bits per heavy atom. The number of likely N-dealkylation sites (tertiary alicyclic amines) is 1. The van der Waals surface area contributed by atoms with Crippen molar-refractivity contribution in [3.05, 3.63) is 34.6 Å². The average Bonchev–Trinajstić information content (AvgIpc) is 3.00. The van der Waals surface area contributed by atoms with Crippen molar-refractivity contribution in [2.45, 2.75) is 38.0 Å². The van der Waals surface area contributed by atoms with Crippen molar-refractivity contribution in [2.75, 3.05) is 19.8 Å². The largest absolute Gasteiger partial charge is 0.376 e. The van der Waals surface area contributed by atoms with Crippen LogP contribution in [0.25, 0.3) is 0 Å². The summed E-state index contributed by atoms with van der Waals surface area (Å²) in [5, 5.41) is -0.0331. The molecule has 22 heavy (non-hydrogen) atoms. The van der Waals surface area contributed by atoms with Gasteiger partial charge in [0.15, 0.2) is 0 Å². The summed E-state index contributed by atoms with van der Waals surface area (Å²) >= 11 is 5.78. The number of hydrogen-bond acceptors (Lipinski definition) is 3. The van der Waals surface area contributed by atoms with Crippen LogP contribution in [0.5, 0.6) is 0 Å². The monoisotopic (exact) mass is 327 g/mol. The smallest absolute Gasteiger partial charge is 0.254 e. The molecular weight excluding hydrogens is 309 g/mol. The summed E-state index contributed by atoms with van der Waals surface area (Å²) < 4.78 is 24.8. The zero-order valence-electron chi connectivity index (χ0n) is 12.4. The Kier molecular flexibility index (Phi) is 4.66. The van der Waals surface area contributed by atoms with Gasteiger partial charge in [-0.25, -0.2) is 4.39 Å². The van der Waals surface area contributed by atoms with Gasteiger partial charge in [0.1, 0.15) is 11.9 Å². The van der Waals surface area contributed by atoms with E-state index in [4.69, 9.17) is 21.1 Å². The van der Waals surface area contributed by atoms with Gasteiger partial charge in [-0.05, 0) is 38.0 Å². The fourth-order valence-electron chi connectivity index (χ4n) is 3.32. The number of amides is 1. The molecule has 2 heterocycles. The number of ether oxygens (including phenoxy) is 2. The lowest BCUT2D eigenvalue weighted by atomic mass is 9.94. The molecule has 1 amide bonds. The molecule has 0 radical (unpaired) electrons. The van der Waals surface area contributed by atoms with Crippen LogP contribution in [0.15, 0.2) is 18.2 Å². The SMILES string of the molecule is CCO[C@@H]1CCN(C(=O)c2ccc(F)c(Cl)c2)[C@H]2CCO[C@H]12. The third-order valence-corrected chi connectivity index (χ3v) is 4.62. The molecule has 1 aromatic rings. The Morgan fingerprint density at radius 3 is 3.05 bits per heavy atom. The van der Waals surface area contributed by atoms with Crippen molar-refractivity contribution in [1.29, 1.82) is 0 Å². The third kappa shape index (κ3) is 2.85. The summed E-state index contributed by atoms with van der Waals surface area (Å²) in [5.41, 5.74) is 0.409. The van der Waals surface area contributed by atoms with Crippen molar-refractivity contribution in [1.82, 2.24) is 4.90 Å². The molecule has 2 fully saturated rings. The minimum atomic E-state index is -0.518. The van der Waals surface area contributed by atoms with Gasteiger partial charge in [-0.2, -0.15) is 0 Å². The predicted octanol–water partition coefficient (Wildman–Crippen LogP) is 2.89. The van der Waals surface area contributed by atoms with E-state index in [1.54, 1.807) is 0 Å². The molecule has 2 aliphatic heterocycles. The predicted molar refractivity (Wildman–Crippen MR) is 80.6 cm³/mol. The van der Waals surface area contributed by atoms with E-state index in [2.05, 4.69) is 0 Å². The fourth-order valence-corrected chi connectivity index (χ4v) is 3.50. The van der Waals surface area contributed by atoms with E-state index in [9.17, 15) is 9.18 Å². The third-order valence-electron chi connectivity index (χ3n) is 4.33. The van der Waals surface area contributed by atoms with E-state index in [0.717, 1.165) is 12.8 Å². The topological polar surface area (TPSA) is 38.8 Å². The van der Waals surface area contributed by atoms with Gasteiger partial charge in [0.2, 0.25) is 0 Å². The van der Waals surface area contributed by atoms with E-state index in [1.165, 1.54) is 18.2 Å². The fraction of sp³-hybridized carbons (Fsp3) is 0.562. The molecule has 1 aromatic carbocycles. The van der Waals surface area contributed by atoms with Gasteiger partial charge < -0.3 is 14.4 Å². The summed E-state index contributed by atoms with van der Waals surface area (Å²) in [6.45, 7) is 3.84. The van der Waals surface area contributed by atoms with E-state index >= 15 is 0 Å². The lowest BCUT2D eigenvalue weighted by Crippen LogP contribution is -2.55. The highest BCUT2D eigenvalue weighted by Crippen LogP contribution is 2.31. The van der Waals surface area contributed by atoms with E-state index < -0.39 is 5.82 Å². The first-order chi connectivity index (χ1) is 10.6. The maximum Gasteiger partial charge on any atom is 0.254 e. The Bertz CT molecular complexity index is 568. The van der Waals surface area contributed by atoms with Crippen molar-refractivity contribution >= 4 is 17.5 Å². The first-order valence-corrected chi connectivity index (χ1v) is 7.99. The molecule has 0 N–H and O–H groups in total. The molecule has 0 aliphatic carbocycles. The minimum Gasteiger partial charge on any atom is -0.376 e. The molecule has 2 saturated heterocycles. The van der Waals surface area contributed by atoms with E-state index in [1.807, 2.05) is 11.8 Å². The summed E-state index contributed by atoms with van der Waals surface area (Å²) in [5.74, 6) is -0.646. The molecule has 0 saturated carbocycles. The molecular formula is C16H19ClFNO3. The second kappa shape index (κ2) is 6.52. The Balaban J connectivity index is 1.79. The number of fused-ring (bicyclic) bond motifs is 1. The summed E-state index contributed by atoms with van der Waals surface area (Å²) in [4.78, 5) is 14.5. The highest BCUT2D eigenvalue weighted by molar-refractivity contribution is 6.31. The van der Waals surface area contributed by atoms with Crippen LogP contribution >= 0.6 is 11.6 Å². The van der Waals surface area contributed by atoms with Crippen molar-refractivity contribution < 1.29 is 18.7 Å². The van der Waals surface area contributed by atoms with Crippen molar-refractivity contribution in [3.63, 3.8) is 0 Å². The van der Waals surface area contributed by atoms with Crippen LogP contribution in [0.1, 0.15) is 30.1 Å². The number of nitrogens with zero attached hydrogens (tertiary/aromatic N) is 1. The Labute approximate surface area is 134 Å². The molecule has 0 spiro atoms. The van der Waals surface area contributed by atoms with Gasteiger partial charge in [-0.3, -0.25) is 4.79 Å². The summed E-state index contributed by atoms with van der Waals surface area (Å²) in [6, 6.07) is 4.11. The van der Waals surface area contributed by atoms with Crippen molar-refractivity contribution in [2.24, 2.45) is 0 Å². The molecule has 120 valence electrons. The highest BCUT2D eigenvalue weighted by atomic mass is 35.5. The maximum absolute atomic E-state index is 13.3. The zero-order valence-corrected chi connectivity index (χ0v) is 13.2. The van der Waals surface area contributed by atoms with E-state index in [-0.39, 0.29) is 29.2 Å². The number of halogens is 2. The van der Waals surface area contributed by atoms with Crippen LogP contribution < -0.4 is 0 Å². The molecule has 0 aromatic heterocycles. The van der Waals surface area contributed by atoms with Gasteiger partial charge in [0.25, 0.3) is 5.91 Å². The normalized spacial score (nSPS) is 27.8. The number of carbonyl (C=O) groups excluding carboxylic acids is 1. The van der Waals surface area contributed by atoms with Gasteiger partial charge in [-0.15, -0.1) is 0 Å². The second-order valence-electron chi connectivity index (χ2n) is 5.60. The lowest BCUT2D eigenvalue weighted by Gasteiger charge is -2.41. The molecule has 6 heteroatoms. The van der Waals surface area contributed by atoms with Crippen LogP contribution in [0, 0.1) is 5.82 Å². The second-order valence-corrected chi connectivity index (χ2v) is 6.01. The van der Waals surface area contributed by atoms with Gasteiger partial charge in [0.05, 0.1) is 17.2 Å². The number of hydrogen-bond donors (Lipinski definition) is 0. The number of benzene rings is 1.